The molecule has 2 amide bonds. The number of morpholine rings is 1. The summed E-state index contributed by atoms with van der Waals surface area (Å²) in [6.45, 7) is 2.23. The van der Waals surface area contributed by atoms with Gasteiger partial charge in [0.15, 0.2) is 5.16 Å². The number of aromatic nitrogens is 2. The minimum absolute atomic E-state index is 0.0398. The van der Waals surface area contributed by atoms with Gasteiger partial charge in [-0.2, -0.15) is 0 Å². The zero-order valence-electron chi connectivity index (χ0n) is 12.3. The first-order valence-corrected chi connectivity index (χ1v) is 7.82. The van der Waals surface area contributed by atoms with Crippen LogP contribution in [-0.2, 0) is 14.3 Å². The fraction of sp³-hybridized carbons (Fsp3) is 0.538. The van der Waals surface area contributed by atoms with Gasteiger partial charge in [-0.3, -0.25) is 14.4 Å². The van der Waals surface area contributed by atoms with Crippen LogP contribution in [0.4, 0.5) is 0 Å². The van der Waals surface area contributed by atoms with E-state index in [9.17, 15) is 14.4 Å². The van der Waals surface area contributed by atoms with Crippen molar-refractivity contribution in [1.82, 2.24) is 19.8 Å². The molecular weight excluding hydrogens is 308 g/mol. The van der Waals surface area contributed by atoms with Gasteiger partial charge in [-0.05, 0) is 0 Å². The van der Waals surface area contributed by atoms with E-state index in [-0.39, 0.29) is 29.7 Å². The van der Waals surface area contributed by atoms with Crippen LogP contribution < -0.4 is 5.56 Å². The number of rotatable bonds is 5. The Bertz CT molecular complexity index is 585. The highest BCUT2D eigenvalue weighted by molar-refractivity contribution is 7.99. The number of ether oxygens (including phenoxy) is 1. The Hall–Kier alpha value is -1.87. The Balaban J connectivity index is 1.79. The minimum atomic E-state index is -0.263. The van der Waals surface area contributed by atoms with Crippen LogP contribution in [0.25, 0.3) is 0 Å². The lowest BCUT2D eigenvalue weighted by Gasteiger charge is -2.28. The number of nitrogens with one attached hydrogen (secondary N) is 1. The van der Waals surface area contributed by atoms with E-state index < -0.39 is 0 Å². The molecule has 22 heavy (non-hydrogen) atoms. The van der Waals surface area contributed by atoms with Crippen LogP contribution >= 0.6 is 11.8 Å². The number of H-pyrrole nitrogens is 1. The summed E-state index contributed by atoms with van der Waals surface area (Å²) in [6, 6.07) is 1.30. The van der Waals surface area contributed by atoms with Gasteiger partial charge in [0.25, 0.3) is 5.56 Å². The predicted molar refractivity (Wildman–Crippen MR) is 80.6 cm³/mol. The van der Waals surface area contributed by atoms with Crippen LogP contribution in [0.5, 0.6) is 0 Å². The molecule has 0 aliphatic carbocycles. The normalized spacial score (nSPS) is 14.7. The summed E-state index contributed by atoms with van der Waals surface area (Å²) in [7, 11) is 1.59. The van der Waals surface area contributed by atoms with Gasteiger partial charge in [-0.1, -0.05) is 11.8 Å². The Morgan fingerprint density at radius 3 is 2.86 bits per heavy atom. The monoisotopic (exact) mass is 326 g/mol. The summed E-state index contributed by atoms with van der Waals surface area (Å²) in [5, 5.41) is 0.383. The zero-order valence-corrected chi connectivity index (χ0v) is 13.1. The molecule has 2 heterocycles. The van der Waals surface area contributed by atoms with Crippen molar-refractivity contribution in [3.8, 4) is 0 Å². The molecule has 0 saturated carbocycles. The second-order valence-electron chi connectivity index (χ2n) is 4.77. The van der Waals surface area contributed by atoms with Crippen LogP contribution in [0.15, 0.2) is 22.2 Å². The first-order chi connectivity index (χ1) is 10.6. The zero-order chi connectivity index (χ0) is 15.9. The van der Waals surface area contributed by atoms with Gasteiger partial charge in [0.1, 0.15) is 0 Å². The number of hydrogen-bond acceptors (Lipinski definition) is 6. The molecule has 9 heteroatoms. The van der Waals surface area contributed by atoms with Gasteiger partial charge in [0.05, 0.1) is 25.5 Å². The van der Waals surface area contributed by atoms with Gasteiger partial charge in [0.2, 0.25) is 11.8 Å². The van der Waals surface area contributed by atoms with Crippen molar-refractivity contribution < 1.29 is 14.3 Å². The average molecular weight is 326 g/mol. The van der Waals surface area contributed by atoms with E-state index in [1.165, 1.54) is 17.2 Å². The largest absolute Gasteiger partial charge is 0.378 e. The third kappa shape index (κ3) is 4.85. The fourth-order valence-electron chi connectivity index (χ4n) is 1.87. The molecule has 2 rings (SSSR count). The predicted octanol–water partition coefficient (Wildman–Crippen LogP) is -0.821. The van der Waals surface area contributed by atoms with E-state index >= 15 is 0 Å². The number of carbonyl (C=O) groups is 2. The lowest BCUT2D eigenvalue weighted by molar-refractivity contribution is -0.140. The summed E-state index contributed by atoms with van der Waals surface area (Å²) in [6.07, 6.45) is 1.39. The minimum Gasteiger partial charge on any atom is -0.378 e. The van der Waals surface area contributed by atoms with Gasteiger partial charge in [-0.15, -0.1) is 0 Å². The fourth-order valence-corrected chi connectivity index (χ4v) is 2.66. The van der Waals surface area contributed by atoms with Crippen molar-refractivity contribution in [1.29, 1.82) is 0 Å². The molecule has 120 valence electrons. The summed E-state index contributed by atoms with van der Waals surface area (Å²) in [4.78, 5) is 44.7. The van der Waals surface area contributed by atoms with Gasteiger partial charge >= 0.3 is 0 Å². The van der Waals surface area contributed by atoms with Gasteiger partial charge < -0.3 is 19.5 Å². The van der Waals surface area contributed by atoms with Crippen molar-refractivity contribution in [3.05, 3.63) is 22.6 Å². The highest BCUT2D eigenvalue weighted by Crippen LogP contribution is 2.10. The molecule has 1 saturated heterocycles. The van der Waals surface area contributed by atoms with E-state index in [2.05, 4.69) is 9.97 Å². The summed E-state index contributed by atoms with van der Waals surface area (Å²) in [5.74, 6) is -0.173. The number of likely N-dealkylation sites (N-methyl/N-ethyl adjacent to an activating group) is 1. The Kier molecular flexibility index (Phi) is 5.96. The van der Waals surface area contributed by atoms with E-state index in [1.54, 1.807) is 11.9 Å². The molecule has 1 aliphatic rings. The topological polar surface area (TPSA) is 95.6 Å². The molecule has 1 N–H and O–H groups in total. The molecule has 1 aromatic rings. The van der Waals surface area contributed by atoms with Crippen molar-refractivity contribution in [2.24, 2.45) is 0 Å². The van der Waals surface area contributed by atoms with E-state index in [0.29, 0.717) is 31.5 Å². The lowest BCUT2D eigenvalue weighted by atomic mass is 10.4. The number of carbonyl (C=O) groups excluding carboxylic acids is 2. The van der Waals surface area contributed by atoms with E-state index in [4.69, 9.17) is 4.74 Å². The first-order valence-electron chi connectivity index (χ1n) is 6.84. The first kappa shape index (κ1) is 16.5. The van der Waals surface area contributed by atoms with Crippen LogP contribution in [0.1, 0.15) is 0 Å². The molecule has 0 aromatic carbocycles. The molecular formula is C13H18N4O4S. The number of aromatic amines is 1. The third-order valence-corrected chi connectivity index (χ3v) is 4.01. The van der Waals surface area contributed by atoms with Crippen molar-refractivity contribution in [3.63, 3.8) is 0 Å². The molecule has 0 spiro atoms. The molecule has 1 fully saturated rings. The van der Waals surface area contributed by atoms with E-state index in [1.807, 2.05) is 0 Å². The lowest BCUT2D eigenvalue weighted by Crippen LogP contribution is -2.46. The highest BCUT2D eigenvalue weighted by atomic mass is 32.2. The Morgan fingerprint density at radius 1 is 1.45 bits per heavy atom. The van der Waals surface area contributed by atoms with Crippen LogP contribution in [0, 0.1) is 0 Å². The van der Waals surface area contributed by atoms with Crippen molar-refractivity contribution in [2.75, 3.05) is 45.6 Å². The smallest absolute Gasteiger partial charge is 0.251 e. The second-order valence-corrected chi connectivity index (χ2v) is 5.73. The quantitative estimate of drug-likeness (QED) is 0.561. The number of nitrogens with zero attached hydrogens (tertiary/aromatic N) is 3. The SMILES string of the molecule is CN(CC(=O)N1CCOCC1)C(=O)CSc1nccc(=O)[nH]1. The Morgan fingerprint density at radius 2 is 2.18 bits per heavy atom. The summed E-state index contributed by atoms with van der Waals surface area (Å²) < 4.78 is 5.19. The molecule has 1 aromatic heterocycles. The number of thioether (sulfide) groups is 1. The average Bonchev–Trinajstić information content (AvgIpc) is 2.53. The standard InChI is InChI=1S/C13H18N4O4S/c1-16(8-11(19)17-4-6-21-7-5-17)12(20)9-22-13-14-3-2-10(18)15-13/h2-3H,4-9H2,1H3,(H,14,15,18). The van der Waals surface area contributed by atoms with Crippen LogP contribution in [0.3, 0.4) is 0 Å². The molecule has 0 radical (unpaired) electrons. The van der Waals surface area contributed by atoms with Crippen LogP contribution in [0.2, 0.25) is 0 Å². The van der Waals surface area contributed by atoms with Gasteiger partial charge in [-0.25, -0.2) is 4.98 Å². The van der Waals surface area contributed by atoms with E-state index in [0.717, 1.165) is 11.8 Å². The molecule has 8 nitrogen and oxygen atoms in total. The third-order valence-electron chi connectivity index (χ3n) is 3.14. The molecule has 0 unspecified atom stereocenters. The summed E-state index contributed by atoms with van der Waals surface area (Å²) in [5.41, 5.74) is -0.263. The van der Waals surface area contributed by atoms with Crippen molar-refractivity contribution >= 4 is 23.6 Å². The Labute approximate surface area is 131 Å². The maximum atomic E-state index is 12.0. The summed E-state index contributed by atoms with van der Waals surface area (Å²) >= 11 is 1.13. The molecule has 1 aliphatic heterocycles. The van der Waals surface area contributed by atoms with Crippen molar-refractivity contribution in [2.45, 2.75) is 5.16 Å². The molecule has 0 atom stereocenters. The molecule has 0 bridgehead atoms. The number of hydrogen-bond donors (Lipinski definition) is 1. The second kappa shape index (κ2) is 7.95. The number of amides is 2. The maximum Gasteiger partial charge on any atom is 0.251 e. The maximum absolute atomic E-state index is 12.0. The highest BCUT2D eigenvalue weighted by Gasteiger charge is 2.20. The van der Waals surface area contributed by atoms with Gasteiger partial charge in [0, 0.05) is 32.4 Å². The van der Waals surface area contributed by atoms with Crippen LogP contribution in [-0.4, -0.2) is 77.2 Å².